The summed E-state index contributed by atoms with van der Waals surface area (Å²) in [6.07, 6.45) is 1.86. The van der Waals surface area contributed by atoms with E-state index in [1.165, 1.54) is 27.8 Å². The molecule has 0 amide bonds. The van der Waals surface area contributed by atoms with Gasteiger partial charge in [0.2, 0.25) is 0 Å². The summed E-state index contributed by atoms with van der Waals surface area (Å²) in [5, 5.41) is 0. The van der Waals surface area contributed by atoms with Crippen LogP contribution in [0.5, 0.6) is 0 Å². The minimum atomic E-state index is 0.559. The predicted molar refractivity (Wildman–Crippen MR) is 238 cm³/mol. The fourth-order valence-electron chi connectivity index (χ4n) is 7.39. The van der Waals surface area contributed by atoms with Gasteiger partial charge in [-0.3, -0.25) is 4.98 Å². The lowest BCUT2D eigenvalue weighted by Crippen LogP contribution is -2.01. The van der Waals surface area contributed by atoms with Crippen molar-refractivity contribution in [2.24, 2.45) is 0 Å². The number of rotatable bonds is 8. The molecule has 7 aromatic carbocycles. The van der Waals surface area contributed by atoms with E-state index >= 15 is 0 Å². The Morgan fingerprint density at radius 1 is 0.333 bits per heavy atom. The first kappa shape index (κ1) is 35.9. The van der Waals surface area contributed by atoms with Gasteiger partial charge in [0.05, 0.1) is 5.69 Å². The summed E-state index contributed by atoms with van der Waals surface area (Å²) in [4.78, 5) is 20.1. The zero-order valence-corrected chi connectivity index (χ0v) is 33.2. The van der Waals surface area contributed by atoms with Crippen molar-refractivity contribution < 1.29 is 0 Å². The molecule has 9 aromatic rings. The van der Waals surface area contributed by atoms with Gasteiger partial charge in [0.1, 0.15) is 0 Å². The van der Waals surface area contributed by atoms with Crippen LogP contribution in [0.2, 0.25) is 0 Å². The first-order chi connectivity index (χ1) is 27.9. The number of hydrogen-bond donors (Lipinski definition) is 0. The molecule has 0 bridgehead atoms. The predicted octanol–water partition coefficient (Wildman–Crippen LogP) is 14.0. The van der Waals surface area contributed by atoms with E-state index in [9.17, 15) is 0 Å². The molecule has 5 heteroatoms. The Hall–Kier alpha value is -6.82. The smallest absolute Gasteiger partial charge is 0.165 e. The first-order valence-corrected chi connectivity index (χ1v) is 19.8. The summed E-state index contributed by atoms with van der Waals surface area (Å²) in [7, 11) is 0. The first-order valence-electron chi connectivity index (χ1n) is 19.0. The van der Waals surface area contributed by atoms with Crippen LogP contribution in [-0.2, 0) is 0 Å². The lowest BCUT2D eigenvalue weighted by Gasteiger charge is -2.14. The number of aryl methyl sites for hydroxylation is 2. The summed E-state index contributed by atoms with van der Waals surface area (Å²) >= 11 is 3.91. The van der Waals surface area contributed by atoms with Gasteiger partial charge in [0, 0.05) is 32.9 Å². The van der Waals surface area contributed by atoms with E-state index in [1.54, 1.807) is 0 Å². The van der Waals surface area contributed by atoms with Gasteiger partial charge in [0.15, 0.2) is 17.5 Å². The summed E-state index contributed by atoms with van der Waals surface area (Å²) in [5.74, 6) is 1.76. The van der Waals surface area contributed by atoms with Gasteiger partial charge in [-0.15, -0.1) is 0 Å². The SMILES string of the molecule is Cc1cc(C)cc(-c2ccccc2-c2ccc(-c3ccc(-c4nc(-c5ccccc5)nc(-c5cc(-c6ccccc6)cc(-c6ccccc6)c5)n4)cn3)cc2Br)c1. The van der Waals surface area contributed by atoms with E-state index < -0.39 is 0 Å². The van der Waals surface area contributed by atoms with Crippen molar-refractivity contribution >= 4 is 15.9 Å². The molecule has 4 nitrogen and oxygen atoms in total. The van der Waals surface area contributed by atoms with Crippen molar-refractivity contribution in [3.63, 3.8) is 0 Å². The number of aromatic nitrogens is 4. The zero-order chi connectivity index (χ0) is 38.7. The van der Waals surface area contributed by atoms with E-state index in [2.05, 4.69) is 157 Å². The lowest BCUT2D eigenvalue weighted by atomic mass is 9.92. The van der Waals surface area contributed by atoms with Gasteiger partial charge >= 0.3 is 0 Å². The number of hydrogen-bond acceptors (Lipinski definition) is 4. The van der Waals surface area contributed by atoms with E-state index in [0.717, 1.165) is 60.2 Å². The molecule has 0 unspecified atom stereocenters. The maximum Gasteiger partial charge on any atom is 0.165 e. The summed E-state index contributed by atoms with van der Waals surface area (Å²) in [5.41, 5.74) is 16.1. The van der Waals surface area contributed by atoms with E-state index in [1.807, 2.05) is 60.8 Å². The molecule has 57 heavy (non-hydrogen) atoms. The fourth-order valence-corrected chi connectivity index (χ4v) is 7.98. The zero-order valence-electron chi connectivity index (χ0n) is 31.6. The molecule has 0 radical (unpaired) electrons. The van der Waals surface area contributed by atoms with Gasteiger partial charge < -0.3 is 0 Å². The number of halogens is 1. The third kappa shape index (κ3) is 7.71. The van der Waals surface area contributed by atoms with Gasteiger partial charge in [-0.25, -0.2) is 15.0 Å². The van der Waals surface area contributed by atoms with Crippen LogP contribution >= 0.6 is 15.9 Å². The molecule has 0 saturated carbocycles. The van der Waals surface area contributed by atoms with Crippen molar-refractivity contribution in [2.45, 2.75) is 13.8 Å². The molecule has 2 aromatic heterocycles. The van der Waals surface area contributed by atoms with E-state index in [0.29, 0.717) is 17.5 Å². The van der Waals surface area contributed by atoms with Crippen LogP contribution in [0.4, 0.5) is 0 Å². The molecule has 0 N–H and O–H groups in total. The minimum Gasteiger partial charge on any atom is -0.255 e. The van der Waals surface area contributed by atoms with Gasteiger partial charge in [-0.1, -0.05) is 173 Å². The third-order valence-corrected chi connectivity index (χ3v) is 10.8. The van der Waals surface area contributed by atoms with Crippen LogP contribution in [0.3, 0.4) is 0 Å². The molecular weight excluding hydrogens is 761 g/mol. The van der Waals surface area contributed by atoms with Crippen LogP contribution in [0.1, 0.15) is 11.1 Å². The van der Waals surface area contributed by atoms with Gasteiger partial charge in [0.25, 0.3) is 0 Å². The van der Waals surface area contributed by atoms with Crippen LogP contribution in [-0.4, -0.2) is 19.9 Å². The highest BCUT2D eigenvalue weighted by Gasteiger charge is 2.17. The van der Waals surface area contributed by atoms with Crippen LogP contribution in [0, 0.1) is 13.8 Å². The summed E-state index contributed by atoms with van der Waals surface area (Å²) in [6.45, 7) is 4.30. The molecule has 9 rings (SSSR count). The Kier molecular flexibility index (Phi) is 9.90. The average molecular weight is 798 g/mol. The maximum absolute atomic E-state index is 5.10. The second-order valence-electron chi connectivity index (χ2n) is 14.3. The molecule has 0 aliphatic heterocycles. The molecule has 0 aliphatic rings. The Labute approximate surface area is 341 Å². The van der Waals surface area contributed by atoms with Crippen molar-refractivity contribution in [3.05, 3.63) is 204 Å². The van der Waals surface area contributed by atoms with Crippen molar-refractivity contribution in [2.75, 3.05) is 0 Å². The van der Waals surface area contributed by atoms with Crippen LogP contribution in [0.25, 0.3) is 89.9 Å². The topological polar surface area (TPSA) is 51.6 Å². The molecule has 0 aliphatic carbocycles. The highest BCUT2D eigenvalue weighted by molar-refractivity contribution is 9.10. The number of pyridine rings is 1. The molecule has 0 atom stereocenters. The highest BCUT2D eigenvalue weighted by Crippen LogP contribution is 2.39. The molecule has 0 saturated heterocycles. The normalized spacial score (nSPS) is 11.1. The lowest BCUT2D eigenvalue weighted by molar-refractivity contribution is 1.07. The Balaban J connectivity index is 1.09. The van der Waals surface area contributed by atoms with Crippen molar-refractivity contribution in [3.8, 4) is 89.9 Å². The summed E-state index contributed by atoms with van der Waals surface area (Å²) < 4.78 is 1.00. The second kappa shape index (κ2) is 15.7. The van der Waals surface area contributed by atoms with Crippen molar-refractivity contribution in [1.29, 1.82) is 0 Å². The number of benzene rings is 7. The number of nitrogens with zero attached hydrogens (tertiary/aromatic N) is 4. The van der Waals surface area contributed by atoms with Gasteiger partial charge in [-0.2, -0.15) is 0 Å². The average Bonchev–Trinajstić information content (AvgIpc) is 3.27. The second-order valence-corrected chi connectivity index (χ2v) is 15.1. The summed E-state index contributed by atoms with van der Waals surface area (Å²) in [6, 6.07) is 63.3. The fraction of sp³-hybridized carbons (Fsp3) is 0.0385. The molecule has 2 heterocycles. The van der Waals surface area contributed by atoms with Crippen LogP contribution < -0.4 is 0 Å². The Morgan fingerprint density at radius 3 is 1.39 bits per heavy atom. The monoisotopic (exact) mass is 796 g/mol. The quantitative estimate of drug-likeness (QED) is 0.154. The van der Waals surface area contributed by atoms with E-state index in [-0.39, 0.29) is 0 Å². The van der Waals surface area contributed by atoms with E-state index in [4.69, 9.17) is 19.9 Å². The highest BCUT2D eigenvalue weighted by atomic mass is 79.9. The molecule has 0 spiro atoms. The standard InChI is InChI=1S/C52H37BrN4/c1-34-26-35(2)28-43(27-34)45-20-12-13-21-46(45)47-24-22-39(32-48(47)53)49-25-23-40(33-54-49)51-55-50(38-18-10-5-11-19-38)56-52(57-51)44-30-41(36-14-6-3-7-15-36)29-42(31-44)37-16-8-4-9-17-37/h3-33H,1-2H3. The minimum absolute atomic E-state index is 0.559. The molecule has 272 valence electrons. The van der Waals surface area contributed by atoms with Crippen LogP contribution in [0.15, 0.2) is 193 Å². The molecular formula is C52H37BrN4. The maximum atomic E-state index is 5.10. The largest absolute Gasteiger partial charge is 0.255 e. The van der Waals surface area contributed by atoms with Gasteiger partial charge in [-0.05, 0) is 94.8 Å². The third-order valence-electron chi connectivity index (χ3n) is 10.1. The Morgan fingerprint density at radius 2 is 0.825 bits per heavy atom. The van der Waals surface area contributed by atoms with Crippen molar-refractivity contribution in [1.82, 2.24) is 19.9 Å². The Bertz CT molecular complexity index is 2780. The molecule has 0 fully saturated rings.